The lowest BCUT2D eigenvalue weighted by atomic mass is 10.1. The molecule has 2 heterocycles. The zero-order chi connectivity index (χ0) is 25.7. The van der Waals surface area contributed by atoms with E-state index >= 15 is 0 Å². The van der Waals surface area contributed by atoms with Gasteiger partial charge in [0.25, 0.3) is 10.0 Å². The molecule has 0 atom stereocenters. The average molecular weight is 523 g/mol. The fourth-order valence-electron chi connectivity index (χ4n) is 3.98. The quantitative estimate of drug-likeness (QED) is 0.348. The highest BCUT2D eigenvalue weighted by Crippen LogP contribution is 2.27. The largest absolute Gasteiger partial charge is 0.325 e. The molecule has 2 N–H and O–H groups in total. The fraction of sp³-hybridized carbons (Fsp3) is 0.320. The van der Waals surface area contributed by atoms with Gasteiger partial charge in [-0.3, -0.25) is 4.79 Å². The van der Waals surface area contributed by atoms with Gasteiger partial charge in [0.1, 0.15) is 11.1 Å². The molecule has 2 aromatic heterocycles. The van der Waals surface area contributed by atoms with Gasteiger partial charge in [0.2, 0.25) is 11.9 Å². The number of anilines is 2. The predicted molar refractivity (Wildman–Crippen MR) is 138 cm³/mol. The molecule has 11 heteroatoms. The summed E-state index contributed by atoms with van der Waals surface area (Å²) in [7, 11) is -3.89. The molecule has 186 valence electrons. The summed E-state index contributed by atoms with van der Waals surface area (Å²) in [6.07, 6.45) is 5.15. The number of fused-ring (bicyclic) bond motifs is 1. The molecule has 0 aliphatic heterocycles. The lowest BCUT2D eigenvalue weighted by molar-refractivity contribution is -0.113. The van der Waals surface area contributed by atoms with Gasteiger partial charge in [0.05, 0.1) is 16.2 Å². The van der Waals surface area contributed by atoms with Crippen molar-refractivity contribution in [3.8, 4) is 6.07 Å². The minimum Gasteiger partial charge on any atom is -0.325 e. The lowest BCUT2D eigenvalue weighted by Crippen LogP contribution is -2.17. The highest BCUT2D eigenvalue weighted by atomic mass is 32.2. The molecule has 9 nitrogen and oxygen atoms in total. The number of amides is 1. The molecule has 0 saturated carbocycles. The number of thioether (sulfide) groups is 1. The molecule has 1 amide bonds. The summed E-state index contributed by atoms with van der Waals surface area (Å²) in [5.74, 6) is -0.199. The van der Waals surface area contributed by atoms with Crippen molar-refractivity contribution in [1.82, 2.24) is 15.0 Å². The summed E-state index contributed by atoms with van der Waals surface area (Å²) in [6.45, 7) is 3.51. The molecular weight excluding hydrogens is 496 g/mol. The van der Waals surface area contributed by atoms with E-state index in [4.69, 9.17) is 0 Å². The molecule has 0 spiro atoms. The number of rotatable bonds is 7. The molecule has 1 aliphatic carbocycles. The van der Waals surface area contributed by atoms with Crippen molar-refractivity contribution in [2.45, 2.75) is 55.9 Å². The van der Waals surface area contributed by atoms with Crippen LogP contribution >= 0.6 is 11.8 Å². The summed E-state index contributed by atoms with van der Waals surface area (Å²) in [5.41, 5.74) is 4.40. The number of benzene rings is 1. The molecule has 4 rings (SSSR count). The summed E-state index contributed by atoms with van der Waals surface area (Å²) >= 11 is 1.22. The van der Waals surface area contributed by atoms with Gasteiger partial charge >= 0.3 is 0 Å². The van der Waals surface area contributed by atoms with Crippen molar-refractivity contribution in [3.63, 3.8) is 0 Å². The topological polar surface area (TPSA) is 138 Å². The number of carbonyl (C=O) groups is 1. The molecule has 0 bridgehead atoms. The van der Waals surface area contributed by atoms with Gasteiger partial charge in [0.15, 0.2) is 0 Å². The summed E-state index contributed by atoms with van der Waals surface area (Å²) in [6, 6.07) is 11.7. The first-order valence-electron chi connectivity index (χ1n) is 11.5. The van der Waals surface area contributed by atoms with E-state index in [2.05, 4.69) is 31.1 Å². The Kier molecular flexibility index (Phi) is 7.86. The van der Waals surface area contributed by atoms with Gasteiger partial charge in [-0.15, -0.1) is 0 Å². The Balaban J connectivity index is 1.38. The molecule has 0 unspecified atom stereocenters. The second kappa shape index (κ2) is 11.1. The monoisotopic (exact) mass is 522 g/mol. The Hall–Kier alpha value is -3.49. The standard InChI is InChI=1S/C25H26N6O3S2/c1-16-12-17(2)28-25(27-16)31-36(33,34)21-10-8-20(9-11-21)29-23(32)15-35-24-19(14-26)13-18-6-4-3-5-7-22(18)30-24/h8-13H,3-7,15H2,1-2H3,(H,29,32)(H,27,28,31). The third-order valence-corrected chi connectivity index (χ3v) is 7.97. The Labute approximate surface area is 214 Å². The van der Waals surface area contributed by atoms with E-state index in [-0.39, 0.29) is 22.5 Å². The first-order chi connectivity index (χ1) is 17.2. The van der Waals surface area contributed by atoms with Crippen LogP contribution in [0.15, 0.2) is 46.3 Å². The maximum atomic E-state index is 12.7. The van der Waals surface area contributed by atoms with Gasteiger partial charge < -0.3 is 5.32 Å². The van der Waals surface area contributed by atoms with E-state index in [1.165, 1.54) is 36.0 Å². The third kappa shape index (κ3) is 6.38. The van der Waals surface area contributed by atoms with Gasteiger partial charge in [-0.25, -0.2) is 28.1 Å². The van der Waals surface area contributed by atoms with Crippen LogP contribution in [-0.2, 0) is 27.7 Å². The summed E-state index contributed by atoms with van der Waals surface area (Å²) < 4.78 is 27.7. The molecule has 1 aromatic carbocycles. The van der Waals surface area contributed by atoms with Gasteiger partial charge in [-0.2, -0.15) is 5.26 Å². The number of hydrogen-bond donors (Lipinski definition) is 2. The molecule has 3 aromatic rings. The lowest BCUT2D eigenvalue weighted by Gasteiger charge is -2.11. The number of sulfonamides is 1. The number of nitriles is 1. The smallest absolute Gasteiger partial charge is 0.264 e. The number of aryl methyl sites for hydroxylation is 4. The molecule has 1 aliphatic rings. The van der Waals surface area contributed by atoms with Crippen LogP contribution in [0.2, 0.25) is 0 Å². The molecule has 36 heavy (non-hydrogen) atoms. The first-order valence-corrected chi connectivity index (χ1v) is 14.0. The van der Waals surface area contributed by atoms with Crippen molar-refractivity contribution in [3.05, 3.63) is 64.6 Å². The first kappa shape index (κ1) is 25.6. The number of carbonyl (C=O) groups excluding carboxylic acids is 1. The van der Waals surface area contributed by atoms with Crippen molar-refractivity contribution in [2.75, 3.05) is 15.8 Å². The highest BCUT2D eigenvalue weighted by Gasteiger charge is 2.18. The van der Waals surface area contributed by atoms with E-state index in [9.17, 15) is 18.5 Å². The molecule has 0 saturated heterocycles. The SMILES string of the molecule is Cc1cc(C)nc(NS(=O)(=O)c2ccc(NC(=O)CSc3nc4c(cc3C#N)CCCCC4)cc2)n1. The minimum atomic E-state index is -3.89. The van der Waals surface area contributed by atoms with Crippen molar-refractivity contribution in [2.24, 2.45) is 0 Å². The van der Waals surface area contributed by atoms with Crippen molar-refractivity contribution >= 4 is 39.3 Å². The molecular formula is C25H26N6O3S2. The van der Waals surface area contributed by atoms with Crippen LogP contribution < -0.4 is 10.0 Å². The molecule has 0 fully saturated rings. The average Bonchev–Trinajstić information content (AvgIpc) is 3.06. The minimum absolute atomic E-state index is 0.00468. The third-order valence-electron chi connectivity index (χ3n) is 5.63. The van der Waals surface area contributed by atoms with E-state index in [0.717, 1.165) is 43.4 Å². The predicted octanol–water partition coefficient (Wildman–Crippen LogP) is 4.16. The maximum absolute atomic E-state index is 12.7. The second-order valence-electron chi connectivity index (χ2n) is 8.56. The fourth-order valence-corrected chi connectivity index (χ4v) is 5.70. The van der Waals surface area contributed by atoms with Crippen molar-refractivity contribution < 1.29 is 13.2 Å². The Bertz CT molecular complexity index is 1410. The van der Waals surface area contributed by atoms with E-state index in [1.54, 1.807) is 19.9 Å². The van der Waals surface area contributed by atoms with Crippen LogP contribution in [0.1, 0.15) is 47.5 Å². The van der Waals surface area contributed by atoms with Crippen LogP contribution in [0.3, 0.4) is 0 Å². The van der Waals surface area contributed by atoms with Crippen molar-refractivity contribution in [1.29, 1.82) is 5.26 Å². The van der Waals surface area contributed by atoms with Gasteiger partial charge in [-0.1, -0.05) is 18.2 Å². The Morgan fingerprint density at radius 2 is 1.72 bits per heavy atom. The van der Waals surface area contributed by atoms with Crippen LogP contribution in [0.5, 0.6) is 0 Å². The second-order valence-corrected chi connectivity index (χ2v) is 11.2. The zero-order valence-electron chi connectivity index (χ0n) is 20.0. The number of hydrogen-bond acceptors (Lipinski definition) is 8. The number of nitrogens with zero attached hydrogens (tertiary/aromatic N) is 4. The van der Waals surface area contributed by atoms with Gasteiger partial charge in [0, 0.05) is 22.8 Å². The van der Waals surface area contributed by atoms with E-state index in [1.807, 2.05) is 6.07 Å². The number of nitrogens with one attached hydrogen (secondary N) is 2. The normalized spacial score (nSPS) is 13.2. The Morgan fingerprint density at radius 3 is 2.42 bits per heavy atom. The van der Waals surface area contributed by atoms with Gasteiger partial charge in [-0.05, 0) is 81.5 Å². The number of aromatic nitrogens is 3. The summed E-state index contributed by atoms with van der Waals surface area (Å²) in [4.78, 5) is 25.4. The van der Waals surface area contributed by atoms with E-state index in [0.29, 0.717) is 27.7 Å². The maximum Gasteiger partial charge on any atom is 0.264 e. The zero-order valence-corrected chi connectivity index (χ0v) is 21.7. The summed E-state index contributed by atoms with van der Waals surface area (Å²) in [5, 5.41) is 12.9. The Morgan fingerprint density at radius 1 is 1.03 bits per heavy atom. The van der Waals surface area contributed by atoms with Crippen LogP contribution in [-0.4, -0.2) is 35.0 Å². The molecule has 0 radical (unpaired) electrons. The number of pyridine rings is 1. The van der Waals surface area contributed by atoms with Crippen LogP contribution in [0.4, 0.5) is 11.6 Å². The van der Waals surface area contributed by atoms with Crippen LogP contribution in [0, 0.1) is 25.2 Å². The highest BCUT2D eigenvalue weighted by molar-refractivity contribution is 8.00. The van der Waals surface area contributed by atoms with E-state index < -0.39 is 10.0 Å². The van der Waals surface area contributed by atoms with Crippen LogP contribution in [0.25, 0.3) is 0 Å².